The summed E-state index contributed by atoms with van der Waals surface area (Å²) in [5, 5.41) is 3.55. The van der Waals surface area contributed by atoms with E-state index in [1.165, 1.54) is 32.1 Å². The van der Waals surface area contributed by atoms with Gasteiger partial charge < -0.3 is 5.32 Å². The molecule has 88 valence electrons. The van der Waals surface area contributed by atoms with Crippen LogP contribution in [0, 0.1) is 5.41 Å². The second-order valence-corrected chi connectivity index (χ2v) is 4.86. The normalized spacial score (nSPS) is 18.8. The molecule has 0 aromatic carbocycles. The van der Waals surface area contributed by atoms with Gasteiger partial charge in [0.05, 0.1) is 5.69 Å². The van der Waals surface area contributed by atoms with E-state index in [1.807, 2.05) is 6.07 Å². The zero-order chi connectivity index (χ0) is 11.3. The number of nitrogens with zero attached hydrogens (tertiary/aromatic N) is 2. The summed E-state index contributed by atoms with van der Waals surface area (Å²) in [7, 11) is 0. The number of nitrogens with one attached hydrogen (secondary N) is 1. The van der Waals surface area contributed by atoms with Gasteiger partial charge in [0.25, 0.3) is 0 Å². The average Bonchev–Trinajstić information content (AvgIpc) is 2.80. The molecular weight excluding hydrogens is 198 g/mol. The maximum Gasteiger partial charge on any atom is 0.115 e. The Morgan fingerprint density at radius 1 is 1.38 bits per heavy atom. The third-order valence-corrected chi connectivity index (χ3v) is 3.86. The second kappa shape index (κ2) is 5.39. The van der Waals surface area contributed by atoms with Gasteiger partial charge in [-0.3, -0.25) is 0 Å². The standard InChI is InChI=1S/C13H21N3/c1-2-13(6-3-4-7-13)10-15-9-12-5-8-14-11-16-12/h5,8,11,15H,2-4,6-7,9-10H2,1H3. The summed E-state index contributed by atoms with van der Waals surface area (Å²) in [6.07, 6.45) is 10.3. The van der Waals surface area contributed by atoms with Crippen molar-refractivity contribution in [2.24, 2.45) is 5.41 Å². The summed E-state index contributed by atoms with van der Waals surface area (Å²) in [5.41, 5.74) is 1.65. The fourth-order valence-electron chi connectivity index (χ4n) is 2.66. The van der Waals surface area contributed by atoms with E-state index in [0.717, 1.165) is 18.8 Å². The molecule has 2 rings (SSSR count). The van der Waals surface area contributed by atoms with Gasteiger partial charge in [-0.25, -0.2) is 9.97 Å². The fraction of sp³-hybridized carbons (Fsp3) is 0.692. The summed E-state index contributed by atoms with van der Waals surface area (Å²) in [6.45, 7) is 4.31. The molecule has 1 heterocycles. The van der Waals surface area contributed by atoms with Gasteiger partial charge in [-0.15, -0.1) is 0 Å². The fourth-order valence-corrected chi connectivity index (χ4v) is 2.66. The van der Waals surface area contributed by atoms with Crippen molar-refractivity contribution in [2.75, 3.05) is 6.54 Å². The smallest absolute Gasteiger partial charge is 0.115 e. The molecule has 0 atom stereocenters. The molecule has 1 aliphatic rings. The first kappa shape index (κ1) is 11.5. The summed E-state index contributed by atoms with van der Waals surface area (Å²) in [5.74, 6) is 0. The van der Waals surface area contributed by atoms with E-state index in [2.05, 4.69) is 22.2 Å². The van der Waals surface area contributed by atoms with Crippen LogP contribution in [0.15, 0.2) is 18.6 Å². The molecular formula is C13H21N3. The highest BCUT2D eigenvalue weighted by atomic mass is 14.9. The summed E-state index contributed by atoms with van der Waals surface area (Å²) in [6, 6.07) is 1.97. The van der Waals surface area contributed by atoms with Gasteiger partial charge in [-0.1, -0.05) is 19.8 Å². The minimum Gasteiger partial charge on any atom is -0.311 e. The second-order valence-electron chi connectivity index (χ2n) is 4.86. The highest BCUT2D eigenvalue weighted by Gasteiger charge is 2.31. The van der Waals surface area contributed by atoms with Crippen molar-refractivity contribution in [2.45, 2.75) is 45.6 Å². The molecule has 1 saturated carbocycles. The highest BCUT2D eigenvalue weighted by Crippen LogP contribution is 2.40. The van der Waals surface area contributed by atoms with E-state index in [0.29, 0.717) is 5.41 Å². The van der Waals surface area contributed by atoms with Gasteiger partial charge >= 0.3 is 0 Å². The molecule has 1 aromatic heterocycles. The molecule has 0 amide bonds. The van der Waals surface area contributed by atoms with E-state index in [1.54, 1.807) is 12.5 Å². The van der Waals surface area contributed by atoms with Crippen LogP contribution in [0.1, 0.15) is 44.7 Å². The number of rotatable bonds is 5. The van der Waals surface area contributed by atoms with Gasteiger partial charge in [0, 0.05) is 19.3 Å². The van der Waals surface area contributed by atoms with Crippen LogP contribution in [0.3, 0.4) is 0 Å². The first-order valence-corrected chi connectivity index (χ1v) is 6.30. The molecule has 0 spiro atoms. The average molecular weight is 219 g/mol. The van der Waals surface area contributed by atoms with Crippen molar-refractivity contribution in [3.8, 4) is 0 Å². The van der Waals surface area contributed by atoms with Crippen LogP contribution < -0.4 is 5.32 Å². The van der Waals surface area contributed by atoms with E-state index in [-0.39, 0.29) is 0 Å². The Morgan fingerprint density at radius 3 is 2.81 bits per heavy atom. The van der Waals surface area contributed by atoms with Crippen LogP contribution in [0.25, 0.3) is 0 Å². The molecule has 1 fully saturated rings. The van der Waals surface area contributed by atoms with Crippen molar-refractivity contribution in [1.82, 2.24) is 15.3 Å². The molecule has 0 radical (unpaired) electrons. The Labute approximate surface area is 97.7 Å². The molecule has 0 saturated heterocycles. The maximum absolute atomic E-state index is 4.22. The lowest BCUT2D eigenvalue weighted by molar-refractivity contribution is 0.268. The lowest BCUT2D eigenvalue weighted by Gasteiger charge is -2.27. The third-order valence-electron chi connectivity index (χ3n) is 3.86. The van der Waals surface area contributed by atoms with Gasteiger partial charge in [-0.05, 0) is 30.7 Å². The van der Waals surface area contributed by atoms with Crippen LogP contribution in [-0.4, -0.2) is 16.5 Å². The molecule has 3 nitrogen and oxygen atoms in total. The lowest BCUT2D eigenvalue weighted by atomic mass is 9.83. The number of aromatic nitrogens is 2. The monoisotopic (exact) mass is 219 g/mol. The van der Waals surface area contributed by atoms with Crippen molar-refractivity contribution in [1.29, 1.82) is 0 Å². The van der Waals surface area contributed by atoms with Gasteiger partial charge in [0.1, 0.15) is 6.33 Å². The lowest BCUT2D eigenvalue weighted by Crippen LogP contribution is -2.31. The Morgan fingerprint density at radius 2 is 2.19 bits per heavy atom. The minimum atomic E-state index is 0.563. The van der Waals surface area contributed by atoms with Crippen molar-refractivity contribution >= 4 is 0 Å². The summed E-state index contributed by atoms with van der Waals surface area (Å²) in [4.78, 5) is 8.14. The number of hydrogen-bond donors (Lipinski definition) is 1. The van der Waals surface area contributed by atoms with Crippen molar-refractivity contribution in [3.63, 3.8) is 0 Å². The summed E-state index contributed by atoms with van der Waals surface area (Å²) >= 11 is 0. The van der Waals surface area contributed by atoms with E-state index in [9.17, 15) is 0 Å². The maximum atomic E-state index is 4.22. The molecule has 0 aliphatic heterocycles. The molecule has 0 unspecified atom stereocenters. The Balaban J connectivity index is 1.79. The third kappa shape index (κ3) is 2.79. The molecule has 16 heavy (non-hydrogen) atoms. The quantitative estimate of drug-likeness (QED) is 0.827. The highest BCUT2D eigenvalue weighted by molar-refractivity contribution is 4.97. The Kier molecular flexibility index (Phi) is 3.88. The van der Waals surface area contributed by atoms with Crippen LogP contribution in [0.4, 0.5) is 0 Å². The predicted octanol–water partition coefficient (Wildman–Crippen LogP) is 2.54. The van der Waals surface area contributed by atoms with Crippen LogP contribution in [0.5, 0.6) is 0 Å². The minimum absolute atomic E-state index is 0.563. The van der Waals surface area contributed by atoms with Crippen molar-refractivity contribution < 1.29 is 0 Å². The van der Waals surface area contributed by atoms with E-state index >= 15 is 0 Å². The topological polar surface area (TPSA) is 37.8 Å². The Hall–Kier alpha value is -0.960. The largest absolute Gasteiger partial charge is 0.311 e. The van der Waals surface area contributed by atoms with E-state index < -0.39 is 0 Å². The van der Waals surface area contributed by atoms with E-state index in [4.69, 9.17) is 0 Å². The van der Waals surface area contributed by atoms with Gasteiger partial charge in [0.2, 0.25) is 0 Å². The molecule has 0 bridgehead atoms. The number of hydrogen-bond acceptors (Lipinski definition) is 3. The van der Waals surface area contributed by atoms with Crippen LogP contribution >= 0.6 is 0 Å². The van der Waals surface area contributed by atoms with Crippen LogP contribution in [-0.2, 0) is 6.54 Å². The molecule has 1 N–H and O–H groups in total. The van der Waals surface area contributed by atoms with Crippen LogP contribution in [0.2, 0.25) is 0 Å². The van der Waals surface area contributed by atoms with Crippen molar-refractivity contribution in [3.05, 3.63) is 24.3 Å². The summed E-state index contributed by atoms with van der Waals surface area (Å²) < 4.78 is 0. The molecule has 1 aliphatic carbocycles. The first-order valence-electron chi connectivity index (χ1n) is 6.30. The molecule has 3 heteroatoms. The predicted molar refractivity (Wildman–Crippen MR) is 64.9 cm³/mol. The van der Waals surface area contributed by atoms with Gasteiger partial charge in [-0.2, -0.15) is 0 Å². The Bertz CT molecular complexity index is 304. The zero-order valence-corrected chi connectivity index (χ0v) is 10.1. The molecule has 1 aromatic rings. The zero-order valence-electron chi connectivity index (χ0n) is 10.1. The SMILES string of the molecule is CCC1(CNCc2ccncn2)CCCC1. The van der Waals surface area contributed by atoms with Gasteiger partial charge in [0.15, 0.2) is 0 Å². The first-order chi connectivity index (χ1) is 7.85.